The Bertz CT molecular complexity index is 719. The van der Waals surface area contributed by atoms with E-state index in [1.165, 1.54) is 18.7 Å². The molecule has 6 nitrogen and oxygen atoms in total. The Morgan fingerprint density at radius 3 is 2.64 bits per heavy atom. The molecule has 2 rings (SSSR count). The lowest BCUT2D eigenvalue weighted by Gasteiger charge is -2.19. The van der Waals surface area contributed by atoms with Crippen molar-refractivity contribution in [1.82, 2.24) is 9.47 Å². The zero-order valence-electron chi connectivity index (χ0n) is 15.8. The van der Waals surface area contributed by atoms with Crippen molar-refractivity contribution in [3.8, 4) is 5.75 Å². The van der Waals surface area contributed by atoms with Gasteiger partial charge in [-0.1, -0.05) is 11.6 Å². The summed E-state index contributed by atoms with van der Waals surface area (Å²) in [5, 5.41) is 0. The van der Waals surface area contributed by atoms with Crippen molar-refractivity contribution < 1.29 is 14.3 Å². The highest BCUT2D eigenvalue weighted by Gasteiger charge is 2.26. The number of carbonyl (C=O) groups is 1. The third kappa shape index (κ3) is 4.51. The maximum Gasteiger partial charge on any atom is 0.343 e. The first-order valence-corrected chi connectivity index (χ1v) is 8.73. The third-order valence-corrected chi connectivity index (χ3v) is 4.40. The molecule has 0 spiro atoms. The van der Waals surface area contributed by atoms with Gasteiger partial charge in [0.1, 0.15) is 11.3 Å². The van der Waals surface area contributed by atoms with Crippen molar-refractivity contribution in [2.45, 2.75) is 46.8 Å². The lowest BCUT2D eigenvalue weighted by atomic mass is 10.1. The Labute approximate surface area is 149 Å². The largest absolute Gasteiger partial charge is 0.490 e. The van der Waals surface area contributed by atoms with E-state index >= 15 is 0 Å². The quantitative estimate of drug-likeness (QED) is 0.603. The molecule has 0 aromatic carbocycles. The minimum atomic E-state index is -0.461. The van der Waals surface area contributed by atoms with Crippen LogP contribution in [0.4, 0.5) is 0 Å². The molecule has 1 aliphatic rings. The van der Waals surface area contributed by atoms with Gasteiger partial charge in [0.15, 0.2) is 0 Å². The van der Waals surface area contributed by atoms with E-state index in [1.807, 2.05) is 20.8 Å². The summed E-state index contributed by atoms with van der Waals surface area (Å²) in [6.07, 6.45) is 2.57. The molecule has 0 N–H and O–H groups in total. The normalized spacial score (nSPS) is 15.7. The van der Waals surface area contributed by atoms with Crippen molar-refractivity contribution in [2.24, 2.45) is 0 Å². The molecule has 0 radical (unpaired) electrons. The van der Waals surface area contributed by atoms with Crippen LogP contribution in [0.15, 0.2) is 22.5 Å². The summed E-state index contributed by atoms with van der Waals surface area (Å²) in [5.41, 5.74) is 2.23. The van der Waals surface area contributed by atoms with Gasteiger partial charge in [-0.3, -0.25) is 9.69 Å². The van der Waals surface area contributed by atoms with Gasteiger partial charge in [-0.05, 0) is 27.7 Å². The maximum atomic E-state index is 12.6. The number of aromatic nitrogens is 1. The molecule has 1 aliphatic heterocycles. The van der Waals surface area contributed by atoms with Crippen LogP contribution in [0.25, 0.3) is 0 Å². The molecule has 0 unspecified atom stereocenters. The van der Waals surface area contributed by atoms with Crippen LogP contribution in [0, 0.1) is 0 Å². The maximum absolute atomic E-state index is 12.6. The van der Waals surface area contributed by atoms with Crippen LogP contribution in [-0.2, 0) is 17.7 Å². The number of esters is 1. The molecule has 0 saturated carbocycles. The Morgan fingerprint density at radius 2 is 2.04 bits per heavy atom. The monoisotopic (exact) mass is 348 g/mol. The topological polar surface area (TPSA) is 60.8 Å². The molecule has 138 valence electrons. The fraction of sp³-hybridized carbons (Fsp3) is 0.579. The predicted octanol–water partition coefficient (Wildman–Crippen LogP) is 2.25. The number of nitrogens with zero attached hydrogens (tertiary/aromatic N) is 2. The summed E-state index contributed by atoms with van der Waals surface area (Å²) in [4.78, 5) is 27.2. The SMILES string of the molecule is CC=C(C)CN1CCc2c(C(=O)OC)c(OC(C)C)cc(=O)n2CC1. The lowest BCUT2D eigenvalue weighted by Crippen LogP contribution is -2.30. The van der Waals surface area contributed by atoms with Crippen molar-refractivity contribution in [3.05, 3.63) is 39.3 Å². The second kappa shape index (κ2) is 8.34. The van der Waals surface area contributed by atoms with E-state index < -0.39 is 5.97 Å². The number of methoxy groups -OCH3 is 1. The van der Waals surface area contributed by atoms with E-state index in [-0.39, 0.29) is 11.7 Å². The van der Waals surface area contributed by atoms with Crippen LogP contribution in [0.1, 0.15) is 43.7 Å². The van der Waals surface area contributed by atoms with Gasteiger partial charge in [-0.2, -0.15) is 0 Å². The second-order valence-corrected chi connectivity index (χ2v) is 6.64. The van der Waals surface area contributed by atoms with Crippen molar-refractivity contribution in [2.75, 3.05) is 26.7 Å². The van der Waals surface area contributed by atoms with Crippen molar-refractivity contribution in [1.29, 1.82) is 0 Å². The minimum Gasteiger partial charge on any atom is -0.490 e. The number of pyridine rings is 1. The highest BCUT2D eigenvalue weighted by Crippen LogP contribution is 2.25. The number of rotatable bonds is 5. The number of allylic oxidation sites excluding steroid dienone is 1. The van der Waals surface area contributed by atoms with E-state index in [9.17, 15) is 9.59 Å². The van der Waals surface area contributed by atoms with Gasteiger partial charge in [0.25, 0.3) is 5.56 Å². The third-order valence-electron chi connectivity index (χ3n) is 4.40. The number of ether oxygens (including phenoxy) is 2. The van der Waals surface area contributed by atoms with Gasteiger partial charge in [0, 0.05) is 44.4 Å². The zero-order chi connectivity index (χ0) is 18.6. The highest BCUT2D eigenvalue weighted by molar-refractivity contribution is 5.93. The van der Waals surface area contributed by atoms with Crippen LogP contribution in [-0.4, -0.2) is 48.3 Å². The van der Waals surface area contributed by atoms with Crippen molar-refractivity contribution >= 4 is 5.97 Å². The molecule has 1 aromatic heterocycles. The van der Waals surface area contributed by atoms with Gasteiger partial charge >= 0.3 is 5.97 Å². The lowest BCUT2D eigenvalue weighted by molar-refractivity contribution is 0.0591. The Kier molecular flexibility index (Phi) is 6.42. The molecule has 0 bridgehead atoms. The van der Waals surface area contributed by atoms with Crippen LogP contribution < -0.4 is 10.3 Å². The smallest absolute Gasteiger partial charge is 0.343 e. The highest BCUT2D eigenvalue weighted by atomic mass is 16.5. The molecule has 0 atom stereocenters. The van der Waals surface area contributed by atoms with Crippen LogP contribution in [0.2, 0.25) is 0 Å². The zero-order valence-corrected chi connectivity index (χ0v) is 15.8. The molecular weight excluding hydrogens is 320 g/mol. The van der Waals surface area contributed by atoms with E-state index in [4.69, 9.17) is 9.47 Å². The van der Waals surface area contributed by atoms with Gasteiger partial charge < -0.3 is 14.0 Å². The minimum absolute atomic E-state index is 0.134. The first-order chi connectivity index (χ1) is 11.9. The number of hydrogen-bond acceptors (Lipinski definition) is 5. The summed E-state index contributed by atoms with van der Waals surface area (Å²) >= 11 is 0. The first kappa shape index (κ1) is 19.2. The molecule has 0 aliphatic carbocycles. The van der Waals surface area contributed by atoms with Crippen LogP contribution in [0.3, 0.4) is 0 Å². The van der Waals surface area contributed by atoms with E-state index in [0.717, 1.165) is 19.6 Å². The summed E-state index contributed by atoms with van der Waals surface area (Å²) in [7, 11) is 1.35. The average Bonchev–Trinajstić information content (AvgIpc) is 2.77. The van der Waals surface area contributed by atoms with E-state index in [0.29, 0.717) is 30.0 Å². The number of carbonyl (C=O) groups excluding carboxylic acids is 1. The van der Waals surface area contributed by atoms with Crippen LogP contribution in [0.5, 0.6) is 5.75 Å². The molecule has 6 heteroatoms. The Balaban J connectivity index is 2.45. The first-order valence-electron chi connectivity index (χ1n) is 8.73. The van der Waals surface area contributed by atoms with Gasteiger partial charge in [-0.15, -0.1) is 0 Å². The summed E-state index contributed by atoms with van der Waals surface area (Å²) in [5.74, 6) is -0.145. The standard InChI is InChI=1S/C19H28N2O4/c1-6-14(4)12-20-8-7-15-18(19(23)24-5)16(25-13(2)3)11-17(22)21(15)10-9-20/h6,11,13H,7-10,12H2,1-5H3. The molecule has 0 fully saturated rings. The van der Waals surface area contributed by atoms with Gasteiger partial charge in [-0.25, -0.2) is 4.79 Å². The van der Waals surface area contributed by atoms with Crippen LogP contribution >= 0.6 is 0 Å². The summed E-state index contributed by atoms with van der Waals surface area (Å²) in [6, 6.07) is 1.41. The van der Waals surface area contributed by atoms with E-state index in [1.54, 1.807) is 4.57 Å². The van der Waals surface area contributed by atoms with E-state index in [2.05, 4.69) is 17.9 Å². The predicted molar refractivity (Wildman–Crippen MR) is 97.4 cm³/mol. The Morgan fingerprint density at radius 1 is 1.32 bits per heavy atom. The molecule has 0 saturated heterocycles. The average molecular weight is 348 g/mol. The number of hydrogen-bond donors (Lipinski definition) is 0. The van der Waals surface area contributed by atoms with Gasteiger partial charge in [0.2, 0.25) is 0 Å². The molecular formula is C19H28N2O4. The number of fused-ring (bicyclic) bond motifs is 1. The van der Waals surface area contributed by atoms with Gasteiger partial charge in [0.05, 0.1) is 13.2 Å². The fourth-order valence-corrected chi connectivity index (χ4v) is 3.06. The summed E-state index contributed by atoms with van der Waals surface area (Å²) < 4.78 is 12.4. The fourth-order valence-electron chi connectivity index (χ4n) is 3.06. The molecule has 0 amide bonds. The molecule has 25 heavy (non-hydrogen) atoms. The molecule has 1 aromatic rings. The summed E-state index contributed by atoms with van der Waals surface area (Å²) in [6.45, 7) is 10.8. The second-order valence-electron chi connectivity index (χ2n) is 6.64. The Hall–Kier alpha value is -2.08. The van der Waals surface area contributed by atoms with Crippen molar-refractivity contribution in [3.63, 3.8) is 0 Å². The molecule has 2 heterocycles.